The number of alkyl halides is 3. The van der Waals surface area contributed by atoms with Crippen molar-refractivity contribution in [3.63, 3.8) is 0 Å². The van der Waals surface area contributed by atoms with Gasteiger partial charge in [-0.25, -0.2) is 0 Å². The topological polar surface area (TPSA) is 55.4 Å². The Labute approximate surface area is 146 Å². The van der Waals surface area contributed by atoms with E-state index in [-0.39, 0.29) is 6.42 Å². The highest BCUT2D eigenvalue weighted by molar-refractivity contribution is 6.30. The van der Waals surface area contributed by atoms with E-state index >= 15 is 0 Å². The Balaban J connectivity index is 1.89. The largest absolute Gasteiger partial charge is 0.455 e. The number of hydrogen-bond donors (Lipinski definition) is 1. The molecule has 0 heterocycles. The maximum absolute atomic E-state index is 12.8. The van der Waals surface area contributed by atoms with Crippen LogP contribution in [0.1, 0.15) is 11.1 Å². The van der Waals surface area contributed by atoms with Gasteiger partial charge in [-0.3, -0.25) is 9.59 Å². The Morgan fingerprint density at radius 2 is 1.68 bits per heavy atom. The molecule has 0 aliphatic heterocycles. The number of ether oxygens (including phenoxy) is 1. The highest BCUT2D eigenvalue weighted by atomic mass is 35.5. The molecular formula is C17H13ClF3NO3. The molecule has 2 rings (SSSR count). The molecule has 0 unspecified atom stereocenters. The zero-order valence-corrected chi connectivity index (χ0v) is 13.5. The van der Waals surface area contributed by atoms with Crippen LogP contribution < -0.4 is 5.32 Å². The number of anilines is 1. The molecule has 0 spiro atoms. The number of rotatable bonds is 5. The third kappa shape index (κ3) is 5.79. The first-order chi connectivity index (χ1) is 11.8. The van der Waals surface area contributed by atoms with E-state index in [1.807, 2.05) is 0 Å². The van der Waals surface area contributed by atoms with Gasteiger partial charge in [0, 0.05) is 5.02 Å². The van der Waals surface area contributed by atoms with Gasteiger partial charge in [0.25, 0.3) is 5.91 Å². The van der Waals surface area contributed by atoms with E-state index in [1.54, 1.807) is 24.3 Å². The smallest absolute Gasteiger partial charge is 0.418 e. The lowest BCUT2D eigenvalue weighted by Crippen LogP contribution is -2.23. The van der Waals surface area contributed by atoms with Gasteiger partial charge in [0.05, 0.1) is 17.7 Å². The van der Waals surface area contributed by atoms with Gasteiger partial charge in [0.15, 0.2) is 6.61 Å². The second kappa shape index (κ2) is 8.02. The minimum atomic E-state index is -4.60. The van der Waals surface area contributed by atoms with Gasteiger partial charge in [-0.05, 0) is 29.8 Å². The molecule has 0 saturated heterocycles. The van der Waals surface area contributed by atoms with Crippen molar-refractivity contribution in [3.8, 4) is 0 Å². The van der Waals surface area contributed by atoms with Crippen molar-refractivity contribution in [2.75, 3.05) is 11.9 Å². The van der Waals surface area contributed by atoms with Crippen LogP contribution in [0, 0.1) is 0 Å². The molecule has 0 atom stereocenters. The molecule has 8 heteroatoms. The van der Waals surface area contributed by atoms with E-state index in [4.69, 9.17) is 16.3 Å². The zero-order valence-electron chi connectivity index (χ0n) is 12.8. The van der Waals surface area contributed by atoms with Crippen LogP contribution in [-0.4, -0.2) is 18.5 Å². The monoisotopic (exact) mass is 371 g/mol. The van der Waals surface area contributed by atoms with Crippen molar-refractivity contribution in [1.82, 2.24) is 0 Å². The van der Waals surface area contributed by atoms with Crippen LogP contribution in [0.3, 0.4) is 0 Å². The van der Waals surface area contributed by atoms with Gasteiger partial charge >= 0.3 is 12.1 Å². The SMILES string of the molecule is O=C(COC(=O)Cc1ccc(Cl)cc1)Nc1ccccc1C(F)(F)F. The van der Waals surface area contributed by atoms with Crippen LogP contribution >= 0.6 is 11.6 Å². The second-order valence-corrected chi connectivity index (χ2v) is 5.49. The van der Waals surface area contributed by atoms with Crippen LogP contribution in [0.5, 0.6) is 0 Å². The maximum Gasteiger partial charge on any atom is 0.418 e. The van der Waals surface area contributed by atoms with Crippen molar-refractivity contribution in [2.45, 2.75) is 12.6 Å². The number of benzene rings is 2. The number of para-hydroxylation sites is 1. The second-order valence-electron chi connectivity index (χ2n) is 5.06. The molecule has 2 aromatic rings. The minimum Gasteiger partial charge on any atom is -0.455 e. The van der Waals surface area contributed by atoms with Crippen molar-refractivity contribution >= 4 is 29.2 Å². The quantitative estimate of drug-likeness (QED) is 0.806. The van der Waals surface area contributed by atoms with Crippen molar-refractivity contribution < 1.29 is 27.5 Å². The molecule has 2 aromatic carbocycles. The standard InChI is InChI=1S/C17H13ClF3NO3/c18-12-7-5-11(6-8-12)9-16(24)25-10-15(23)22-14-4-2-1-3-13(14)17(19,20)21/h1-8H,9-10H2,(H,22,23). The molecule has 0 fully saturated rings. The summed E-state index contributed by atoms with van der Waals surface area (Å²) in [7, 11) is 0. The molecule has 0 radical (unpaired) electrons. The number of nitrogens with one attached hydrogen (secondary N) is 1. The lowest BCUT2D eigenvalue weighted by molar-refractivity contribution is -0.146. The maximum atomic E-state index is 12.8. The van der Waals surface area contributed by atoms with E-state index < -0.39 is 35.9 Å². The highest BCUT2D eigenvalue weighted by Crippen LogP contribution is 2.34. The Morgan fingerprint density at radius 1 is 1.04 bits per heavy atom. The van der Waals surface area contributed by atoms with Gasteiger partial charge in [-0.15, -0.1) is 0 Å². The Hall–Kier alpha value is -2.54. The van der Waals surface area contributed by atoms with E-state index in [0.717, 1.165) is 12.1 Å². The summed E-state index contributed by atoms with van der Waals surface area (Å²) in [5, 5.41) is 2.60. The summed E-state index contributed by atoms with van der Waals surface area (Å²) >= 11 is 5.72. The number of hydrogen-bond acceptors (Lipinski definition) is 3. The first-order valence-corrected chi connectivity index (χ1v) is 7.49. The number of amides is 1. The molecule has 0 saturated carbocycles. The van der Waals surface area contributed by atoms with Crippen molar-refractivity contribution in [2.24, 2.45) is 0 Å². The van der Waals surface area contributed by atoms with Gasteiger partial charge < -0.3 is 10.1 Å². The molecule has 0 aliphatic carbocycles. The predicted octanol–water partition coefficient (Wildman–Crippen LogP) is 4.08. The number of esters is 1. The first kappa shape index (κ1) is 18.8. The summed E-state index contributed by atoms with van der Waals surface area (Å²) in [6, 6.07) is 11.0. The lowest BCUT2D eigenvalue weighted by Gasteiger charge is -2.13. The Kier molecular flexibility index (Phi) is 6.03. The molecule has 0 aliphatic rings. The fraction of sp³-hybridized carbons (Fsp3) is 0.176. The average molecular weight is 372 g/mol. The van der Waals surface area contributed by atoms with Crippen LogP contribution in [-0.2, 0) is 26.9 Å². The third-order valence-electron chi connectivity index (χ3n) is 3.13. The summed E-state index contributed by atoms with van der Waals surface area (Å²) in [6.45, 7) is -0.682. The van der Waals surface area contributed by atoms with Crippen molar-refractivity contribution in [1.29, 1.82) is 0 Å². The average Bonchev–Trinajstić information content (AvgIpc) is 2.55. The lowest BCUT2D eigenvalue weighted by atomic mass is 10.1. The van der Waals surface area contributed by atoms with E-state index in [9.17, 15) is 22.8 Å². The molecule has 1 N–H and O–H groups in total. The van der Waals surface area contributed by atoms with Crippen molar-refractivity contribution in [3.05, 3.63) is 64.7 Å². The normalized spacial score (nSPS) is 11.0. The molecule has 0 bridgehead atoms. The van der Waals surface area contributed by atoms with Gasteiger partial charge in [0.1, 0.15) is 0 Å². The van der Waals surface area contributed by atoms with Crippen LogP contribution in [0.4, 0.5) is 18.9 Å². The summed E-state index contributed by atoms with van der Waals surface area (Å²) in [4.78, 5) is 23.4. The Morgan fingerprint density at radius 3 is 2.32 bits per heavy atom. The minimum absolute atomic E-state index is 0.0798. The molecule has 4 nitrogen and oxygen atoms in total. The van der Waals surface area contributed by atoms with Gasteiger partial charge in [-0.1, -0.05) is 35.9 Å². The highest BCUT2D eigenvalue weighted by Gasteiger charge is 2.33. The summed E-state index contributed by atoms with van der Waals surface area (Å²) < 4.78 is 43.3. The molecule has 1 amide bonds. The fourth-order valence-corrected chi connectivity index (χ4v) is 2.12. The molecule has 0 aromatic heterocycles. The predicted molar refractivity (Wildman–Crippen MR) is 86.2 cm³/mol. The first-order valence-electron chi connectivity index (χ1n) is 7.12. The summed E-state index contributed by atoms with van der Waals surface area (Å²) in [6.07, 6.45) is -4.68. The van der Waals surface area contributed by atoms with E-state index in [1.165, 1.54) is 12.1 Å². The van der Waals surface area contributed by atoms with Crippen LogP contribution in [0.2, 0.25) is 5.02 Å². The summed E-state index contributed by atoms with van der Waals surface area (Å²) in [5.41, 5.74) is -0.734. The molecular weight excluding hydrogens is 359 g/mol. The molecule has 132 valence electrons. The number of carbonyl (C=O) groups excluding carboxylic acids is 2. The summed E-state index contributed by atoms with van der Waals surface area (Å²) in [5.74, 6) is -1.54. The van der Waals surface area contributed by atoms with E-state index in [0.29, 0.717) is 10.6 Å². The zero-order chi connectivity index (χ0) is 18.4. The van der Waals surface area contributed by atoms with E-state index in [2.05, 4.69) is 5.32 Å². The fourth-order valence-electron chi connectivity index (χ4n) is 1.99. The number of carbonyl (C=O) groups is 2. The number of halogens is 4. The molecule has 25 heavy (non-hydrogen) atoms. The van der Waals surface area contributed by atoms with Crippen LogP contribution in [0.25, 0.3) is 0 Å². The third-order valence-corrected chi connectivity index (χ3v) is 3.38. The van der Waals surface area contributed by atoms with Gasteiger partial charge in [0.2, 0.25) is 0 Å². The Bertz CT molecular complexity index is 760. The van der Waals surface area contributed by atoms with Gasteiger partial charge in [-0.2, -0.15) is 13.2 Å². The van der Waals surface area contributed by atoms with Crippen LogP contribution in [0.15, 0.2) is 48.5 Å².